The molecule has 0 saturated heterocycles. The third-order valence-corrected chi connectivity index (χ3v) is 4.37. The lowest BCUT2D eigenvalue weighted by Gasteiger charge is -2.22. The molecule has 108 valence electrons. The first-order valence-corrected chi connectivity index (χ1v) is 7.42. The summed E-state index contributed by atoms with van der Waals surface area (Å²) in [6, 6.07) is 5.36. The fraction of sp³-hybridized carbons (Fsp3) is 0.385. The molecule has 1 fully saturated rings. The number of amides is 1. The molecule has 5 nitrogen and oxygen atoms in total. The number of hydrogen-bond donors (Lipinski definition) is 2. The Morgan fingerprint density at radius 3 is 2.80 bits per heavy atom. The molecule has 3 N–H and O–H groups in total. The summed E-state index contributed by atoms with van der Waals surface area (Å²) in [4.78, 5) is 14.3. The van der Waals surface area contributed by atoms with Gasteiger partial charge in [0.2, 0.25) is 0 Å². The SMILES string of the molecule is N/C(CCN(C(=O)c1ccc(Cl)c(Br)c1)C1CC1)=N/O. The van der Waals surface area contributed by atoms with Gasteiger partial charge in [-0.25, -0.2) is 0 Å². The van der Waals surface area contributed by atoms with Crippen molar-refractivity contribution in [1.82, 2.24) is 4.90 Å². The van der Waals surface area contributed by atoms with Gasteiger partial charge < -0.3 is 15.8 Å². The highest BCUT2D eigenvalue weighted by molar-refractivity contribution is 9.10. The lowest BCUT2D eigenvalue weighted by atomic mass is 10.2. The minimum atomic E-state index is -0.0596. The van der Waals surface area contributed by atoms with E-state index in [0.29, 0.717) is 28.0 Å². The van der Waals surface area contributed by atoms with E-state index in [1.54, 1.807) is 23.1 Å². The fourth-order valence-electron chi connectivity index (χ4n) is 1.92. The normalized spacial score (nSPS) is 15.2. The molecule has 1 aliphatic carbocycles. The molecule has 1 saturated carbocycles. The summed E-state index contributed by atoms with van der Waals surface area (Å²) in [6.45, 7) is 0.444. The Bertz CT molecular complexity index is 546. The minimum absolute atomic E-state index is 0.0596. The second-order valence-electron chi connectivity index (χ2n) is 4.70. The average Bonchev–Trinajstić information content (AvgIpc) is 3.26. The van der Waals surface area contributed by atoms with Crippen molar-refractivity contribution in [1.29, 1.82) is 0 Å². The number of halogens is 2. The van der Waals surface area contributed by atoms with E-state index in [-0.39, 0.29) is 17.8 Å². The molecule has 7 heteroatoms. The third-order valence-electron chi connectivity index (χ3n) is 3.15. The second kappa shape index (κ2) is 6.45. The van der Waals surface area contributed by atoms with Gasteiger partial charge in [0, 0.05) is 29.0 Å². The Balaban J connectivity index is 2.12. The van der Waals surface area contributed by atoms with Gasteiger partial charge in [0.05, 0.1) is 5.02 Å². The largest absolute Gasteiger partial charge is 0.409 e. The number of oxime groups is 1. The van der Waals surface area contributed by atoms with E-state index in [1.807, 2.05) is 0 Å². The molecule has 0 aromatic heterocycles. The maximum atomic E-state index is 12.5. The number of rotatable bonds is 5. The molecule has 0 spiro atoms. The maximum absolute atomic E-state index is 12.5. The molecule has 0 radical (unpaired) electrons. The van der Waals surface area contributed by atoms with Gasteiger partial charge in [0.25, 0.3) is 5.91 Å². The van der Waals surface area contributed by atoms with Crippen LogP contribution in [0.25, 0.3) is 0 Å². The first-order valence-electron chi connectivity index (χ1n) is 6.25. The van der Waals surface area contributed by atoms with E-state index in [1.165, 1.54) is 0 Å². The van der Waals surface area contributed by atoms with Crippen LogP contribution in [0.15, 0.2) is 27.8 Å². The molecular weight excluding hydrogens is 346 g/mol. The van der Waals surface area contributed by atoms with Crippen molar-refractivity contribution in [2.45, 2.75) is 25.3 Å². The van der Waals surface area contributed by atoms with Gasteiger partial charge in [-0.2, -0.15) is 0 Å². The lowest BCUT2D eigenvalue weighted by molar-refractivity contribution is 0.0747. The van der Waals surface area contributed by atoms with E-state index in [2.05, 4.69) is 21.1 Å². The van der Waals surface area contributed by atoms with Gasteiger partial charge in [-0.3, -0.25) is 4.79 Å². The fourth-order valence-corrected chi connectivity index (χ4v) is 2.41. The number of carbonyl (C=O) groups is 1. The molecule has 0 heterocycles. The molecule has 0 bridgehead atoms. The van der Waals surface area contributed by atoms with Crippen LogP contribution in [-0.2, 0) is 0 Å². The van der Waals surface area contributed by atoms with Crippen LogP contribution in [0.4, 0.5) is 0 Å². The van der Waals surface area contributed by atoms with Crippen LogP contribution in [0, 0.1) is 0 Å². The Hall–Kier alpha value is -1.27. The van der Waals surface area contributed by atoms with Gasteiger partial charge in [0.15, 0.2) is 0 Å². The number of nitrogens with zero attached hydrogens (tertiary/aromatic N) is 2. The van der Waals surface area contributed by atoms with Crippen molar-refractivity contribution in [3.8, 4) is 0 Å². The van der Waals surface area contributed by atoms with Crippen LogP contribution in [0.1, 0.15) is 29.6 Å². The zero-order chi connectivity index (χ0) is 14.7. The first kappa shape index (κ1) is 15.1. The van der Waals surface area contributed by atoms with E-state index >= 15 is 0 Å². The molecule has 1 amide bonds. The standard InChI is InChI=1S/C13H15BrClN3O2/c14-10-7-8(1-4-11(10)15)13(19)18(9-2-3-9)6-5-12(16)17-20/h1,4,7,9,20H,2-3,5-6H2,(H2,16,17). The summed E-state index contributed by atoms with van der Waals surface area (Å²) in [6.07, 6.45) is 2.35. The summed E-state index contributed by atoms with van der Waals surface area (Å²) in [5.74, 6) is 0.0661. The highest BCUT2D eigenvalue weighted by Gasteiger charge is 2.33. The van der Waals surface area contributed by atoms with Crippen LogP contribution in [0.5, 0.6) is 0 Å². The zero-order valence-electron chi connectivity index (χ0n) is 10.7. The Labute approximate surface area is 130 Å². The molecule has 0 atom stereocenters. The van der Waals surface area contributed by atoms with Crippen molar-refractivity contribution in [3.63, 3.8) is 0 Å². The monoisotopic (exact) mass is 359 g/mol. The van der Waals surface area contributed by atoms with Crippen LogP contribution >= 0.6 is 27.5 Å². The summed E-state index contributed by atoms with van der Waals surface area (Å²) in [5.41, 5.74) is 6.04. The molecular formula is C13H15BrClN3O2. The predicted octanol–water partition coefficient (Wildman–Crippen LogP) is 2.84. The topological polar surface area (TPSA) is 78.9 Å². The highest BCUT2D eigenvalue weighted by Crippen LogP contribution is 2.30. The molecule has 1 aromatic rings. The van der Waals surface area contributed by atoms with Crippen molar-refractivity contribution >= 4 is 39.3 Å². The Morgan fingerprint density at radius 2 is 2.25 bits per heavy atom. The van der Waals surface area contributed by atoms with Crippen LogP contribution < -0.4 is 5.73 Å². The molecule has 0 aliphatic heterocycles. The van der Waals surface area contributed by atoms with E-state index in [0.717, 1.165) is 12.8 Å². The number of hydrogen-bond acceptors (Lipinski definition) is 3. The van der Waals surface area contributed by atoms with Gasteiger partial charge in [-0.15, -0.1) is 0 Å². The number of benzene rings is 1. The van der Waals surface area contributed by atoms with E-state index in [9.17, 15) is 4.79 Å². The molecule has 1 aliphatic rings. The smallest absolute Gasteiger partial charge is 0.254 e. The van der Waals surface area contributed by atoms with Crippen molar-refractivity contribution in [3.05, 3.63) is 33.3 Å². The zero-order valence-corrected chi connectivity index (χ0v) is 13.1. The van der Waals surface area contributed by atoms with Gasteiger partial charge >= 0.3 is 0 Å². The van der Waals surface area contributed by atoms with Crippen LogP contribution in [0.3, 0.4) is 0 Å². The average molecular weight is 361 g/mol. The molecule has 0 unspecified atom stereocenters. The quantitative estimate of drug-likeness (QED) is 0.367. The summed E-state index contributed by atoms with van der Waals surface area (Å²) >= 11 is 9.24. The van der Waals surface area contributed by atoms with Crippen molar-refractivity contribution in [2.24, 2.45) is 10.9 Å². The molecule has 20 heavy (non-hydrogen) atoms. The Kier molecular flexibility index (Phi) is 4.88. The number of carbonyl (C=O) groups excluding carboxylic acids is 1. The molecule has 1 aromatic carbocycles. The third kappa shape index (κ3) is 3.64. The molecule has 2 rings (SSSR count). The highest BCUT2D eigenvalue weighted by atomic mass is 79.9. The van der Waals surface area contributed by atoms with Crippen LogP contribution in [0.2, 0.25) is 5.02 Å². The van der Waals surface area contributed by atoms with E-state index < -0.39 is 0 Å². The summed E-state index contributed by atoms with van der Waals surface area (Å²) < 4.78 is 0.692. The number of nitrogens with two attached hydrogens (primary N) is 1. The maximum Gasteiger partial charge on any atom is 0.254 e. The summed E-state index contributed by atoms with van der Waals surface area (Å²) in [7, 11) is 0. The van der Waals surface area contributed by atoms with Crippen molar-refractivity contribution < 1.29 is 10.0 Å². The van der Waals surface area contributed by atoms with Crippen LogP contribution in [-0.4, -0.2) is 34.4 Å². The lowest BCUT2D eigenvalue weighted by Crippen LogP contribution is -2.35. The van der Waals surface area contributed by atoms with Gasteiger partial charge in [0.1, 0.15) is 5.84 Å². The first-order chi connectivity index (χ1) is 9.52. The number of amidine groups is 1. The van der Waals surface area contributed by atoms with E-state index in [4.69, 9.17) is 22.5 Å². The Morgan fingerprint density at radius 1 is 1.55 bits per heavy atom. The van der Waals surface area contributed by atoms with Crippen molar-refractivity contribution in [2.75, 3.05) is 6.54 Å². The predicted molar refractivity (Wildman–Crippen MR) is 81.2 cm³/mol. The minimum Gasteiger partial charge on any atom is -0.409 e. The second-order valence-corrected chi connectivity index (χ2v) is 5.96. The van der Waals surface area contributed by atoms with Gasteiger partial charge in [-0.1, -0.05) is 16.8 Å². The van der Waals surface area contributed by atoms with Gasteiger partial charge in [-0.05, 0) is 47.0 Å². The summed E-state index contributed by atoms with van der Waals surface area (Å²) in [5, 5.41) is 12.1.